The number of aromatic amines is 1. The van der Waals surface area contributed by atoms with E-state index in [-0.39, 0.29) is 12.5 Å². The molecule has 1 heterocycles. The number of urea groups is 1. The van der Waals surface area contributed by atoms with E-state index in [4.69, 9.17) is 4.74 Å². The fraction of sp³-hybridized carbons (Fsp3) is 0.238. The smallest absolute Gasteiger partial charge is 0.325 e. The van der Waals surface area contributed by atoms with Gasteiger partial charge in [-0.2, -0.15) is 0 Å². The Morgan fingerprint density at radius 2 is 1.78 bits per heavy atom. The number of para-hydroxylation sites is 1. The number of ether oxygens (including phenoxy) is 1. The molecule has 140 valence electrons. The molecule has 0 aliphatic carbocycles. The van der Waals surface area contributed by atoms with Gasteiger partial charge >= 0.3 is 12.0 Å². The van der Waals surface area contributed by atoms with Crippen molar-refractivity contribution >= 4 is 22.9 Å². The number of rotatable bonds is 7. The molecule has 0 saturated heterocycles. The molecule has 3 N–H and O–H groups in total. The minimum absolute atomic E-state index is 0.0179. The van der Waals surface area contributed by atoms with Crippen molar-refractivity contribution in [2.24, 2.45) is 0 Å². The van der Waals surface area contributed by atoms with E-state index in [1.54, 1.807) is 6.92 Å². The molecule has 3 aromatic rings. The average Bonchev–Trinajstić information content (AvgIpc) is 3.12. The molecule has 0 fully saturated rings. The van der Waals surface area contributed by atoms with Gasteiger partial charge in [-0.3, -0.25) is 4.79 Å². The molecule has 6 heteroatoms. The highest BCUT2D eigenvalue weighted by molar-refractivity contribution is 5.84. The maximum Gasteiger partial charge on any atom is 0.325 e. The molecule has 0 saturated carbocycles. The minimum Gasteiger partial charge on any atom is -0.465 e. The number of nitrogens with one attached hydrogen (secondary N) is 3. The van der Waals surface area contributed by atoms with Gasteiger partial charge in [0.1, 0.15) is 6.54 Å². The first-order valence-corrected chi connectivity index (χ1v) is 8.97. The van der Waals surface area contributed by atoms with Crippen LogP contribution in [0.15, 0.2) is 60.8 Å². The van der Waals surface area contributed by atoms with Crippen LogP contribution in [-0.2, 0) is 9.53 Å². The van der Waals surface area contributed by atoms with Crippen LogP contribution in [0.4, 0.5) is 4.79 Å². The lowest BCUT2D eigenvalue weighted by Gasteiger charge is -2.18. The first kappa shape index (κ1) is 18.5. The number of carbonyl (C=O) groups excluding carboxylic acids is 2. The van der Waals surface area contributed by atoms with E-state index in [9.17, 15) is 9.59 Å². The topological polar surface area (TPSA) is 83.2 Å². The predicted molar refractivity (Wildman–Crippen MR) is 105 cm³/mol. The van der Waals surface area contributed by atoms with E-state index in [0.717, 1.165) is 22.0 Å². The van der Waals surface area contributed by atoms with E-state index >= 15 is 0 Å². The van der Waals surface area contributed by atoms with E-state index in [0.29, 0.717) is 13.2 Å². The van der Waals surface area contributed by atoms with Gasteiger partial charge in [-0.25, -0.2) is 4.79 Å². The van der Waals surface area contributed by atoms with Gasteiger partial charge in [0, 0.05) is 29.6 Å². The second-order valence-corrected chi connectivity index (χ2v) is 6.12. The maximum atomic E-state index is 12.1. The number of carbonyl (C=O) groups is 2. The van der Waals surface area contributed by atoms with E-state index < -0.39 is 12.0 Å². The van der Waals surface area contributed by atoms with Gasteiger partial charge in [-0.05, 0) is 24.1 Å². The van der Waals surface area contributed by atoms with Gasteiger partial charge in [-0.1, -0.05) is 48.5 Å². The number of H-pyrrole nitrogens is 1. The summed E-state index contributed by atoms with van der Waals surface area (Å²) in [6.07, 6.45) is 1.99. The third-order valence-corrected chi connectivity index (χ3v) is 4.36. The van der Waals surface area contributed by atoms with Crippen LogP contribution >= 0.6 is 0 Å². The zero-order chi connectivity index (χ0) is 19.1. The number of esters is 1. The molecule has 1 aromatic heterocycles. The van der Waals surface area contributed by atoms with Crippen molar-refractivity contribution in [3.63, 3.8) is 0 Å². The van der Waals surface area contributed by atoms with Crippen LogP contribution in [0.1, 0.15) is 24.0 Å². The second-order valence-electron chi connectivity index (χ2n) is 6.12. The minimum atomic E-state index is -0.455. The second kappa shape index (κ2) is 8.89. The molecule has 2 aromatic carbocycles. The van der Waals surface area contributed by atoms with Gasteiger partial charge in [-0.15, -0.1) is 0 Å². The molecule has 0 unspecified atom stereocenters. The zero-order valence-corrected chi connectivity index (χ0v) is 15.2. The highest BCUT2D eigenvalue weighted by Gasteiger charge is 2.19. The fourth-order valence-electron chi connectivity index (χ4n) is 3.10. The number of aromatic nitrogens is 1. The maximum absolute atomic E-state index is 12.1. The van der Waals surface area contributed by atoms with Crippen LogP contribution in [0.25, 0.3) is 10.9 Å². The van der Waals surface area contributed by atoms with Crippen molar-refractivity contribution in [3.05, 3.63) is 71.9 Å². The summed E-state index contributed by atoms with van der Waals surface area (Å²) in [6, 6.07) is 17.7. The van der Waals surface area contributed by atoms with Crippen molar-refractivity contribution < 1.29 is 14.3 Å². The molecular weight excluding hydrogens is 342 g/mol. The predicted octanol–water partition coefficient (Wildman–Crippen LogP) is 3.16. The quantitative estimate of drug-likeness (QED) is 0.563. The number of hydrogen-bond donors (Lipinski definition) is 3. The van der Waals surface area contributed by atoms with Crippen molar-refractivity contribution in [2.45, 2.75) is 12.8 Å². The van der Waals surface area contributed by atoms with Crippen LogP contribution in [0.2, 0.25) is 0 Å². The van der Waals surface area contributed by atoms with E-state index in [2.05, 4.69) is 21.7 Å². The monoisotopic (exact) mass is 365 g/mol. The summed E-state index contributed by atoms with van der Waals surface area (Å²) in [7, 11) is 0. The van der Waals surface area contributed by atoms with Crippen molar-refractivity contribution in [3.8, 4) is 0 Å². The van der Waals surface area contributed by atoms with E-state index in [1.165, 1.54) is 0 Å². The Morgan fingerprint density at radius 1 is 1.04 bits per heavy atom. The summed E-state index contributed by atoms with van der Waals surface area (Å²) in [5.74, 6) is -0.473. The molecule has 27 heavy (non-hydrogen) atoms. The standard InChI is InChI=1S/C21H23N3O3/c1-2-27-20(25)14-24-21(26)23-12-17(15-8-4-3-5-9-15)18-13-22-19-11-7-6-10-16(18)19/h3-11,13,17,22H,2,12,14H2,1H3,(H2,23,24,26)/t17-/m1/s1. The molecular formula is C21H23N3O3. The first-order valence-electron chi connectivity index (χ1n) is 8.97. The van der Waals surface area contributed by atoms with Crippen LogP contribution in [-0.4, -0.2) is 36.7 Å². The summed E-state index contributed by atoms with van der Waals surface area (Å²) in [5.41, 5.74) is 3.27. The molecule has 3 rings (SSSR count). The molecule has 6 nitrogen and oxygen atoms in total. The zero-order valence-electron chi connectivity index (χ0n) is 15.2. The van der Waals surface area contributed by atoms with Crippen molar-refractivity contribution in [1.29, 1.82) is 0 Å². The lowest BCUT2D eigenvalue weighted by Crippen LogP contribution is -2.40. The van der Waals surface area contributed by atoms with Crippen LogP contribution in [0.3, 0.4) is 0 Å². The Hall–Kier alpha value is -3.28. The largest absolute Gasteiger partial charge is 0.465 e. The third kappa shape index (κ3) is 4.67. The fourth-order valence-corrected chi connectivity index (χ4v) is 3.10. The van der Waals surface area contributed by atoms with Gasteiger partial charge in [0.05, 0.1) is 6.61 Å². The van der Waals surface area contributed by atoms with Crippen molar-refractivity contribution in [1.82, 2.24) is 15.6 Å². The summed E-state index contributed by atoms with van der Waals surface area (Å²) < 4.78 is 4.81. The van der Waals surface area contributed by atoms with Crippen LogP contribution in [0.5, 0.6) is 0 Å². The van der Waals surface area contributed by atoms with Gasteiger partial charge in [0.2, 0.25) is 0 Å². The summed E-state index contributed by atoms with van der Waals surface area (Å²) in [5, 5.41) is 6.51. The third-order valence-electron chi connectivity index (χ3n) is 4.36. The Morgan fingerprint density at radius 3 is 2.56 bits per heavy atom. The molecule has 2 amide bonds. The van der Waals surface area contributed by atoms with E-state index in [1.807, 2.05) is 54.7 Å². The van der Waals surface area contributed by atoms with Crippen molar-refractivity contribution in [2.75, 3.05) is 19.7 Å². The number of amides is 2. The molecule has 0 aliphatic heterocycles. The SMILES string of the molecule is CCOC(=O)CNC(=O)NC[C@H](c1ccccc1)c1c[nH]c2ccccc12. The molecule has 1 atom stereocenters. The van der Waals surface area contributed by atoms with Crippen LogP contribution < -0.4 is 10.6 Å². The Balaban J connectivity index is 1.74. The Bertz CT molecular complexity index is 905. The van der Waals surface area contributed by atoms with Gasteiger partial charge in [0.15, 0.2) is 0 Å². The highest BCUT2D eigenvalue weighted by atomic mass is 16.5. The number of fused-ring (bicyclic) bond motifs is 1. The summed E-state index contributed by atoms with van der Waals surface area (Å²) >= 11 is 0. The first-order chi connectivity index (χ1) is 13.2. The highest BCUT2D eigenvalue weighted by Crippen LogP contribution is 2.30. The molecule has 0 spiro atoms. The summed E-state index contributed by atoms with van der Waals surface area (Å²) in [4.78, 5) is 26.7. The van der Waals surface area contributed by atoms with Gasteiger partial charge in [0.25, 0.3) is 0 Å². The Kier molecular flexibility index (Phi) is 6.10. The average molecular weight is 365 g/mol. The number of benzene rings is 2. The molecule has 0 aliphatic rings. The lowest BCUT2D eigenvalue weighted by molar-refractivity contribution is -0.141. The summed E-state index contributed by atoms with van der Waals surface area (Å²) in [6.45, 7) is 2.27. The van der Waals surface area contributed by atoms with Crippen LogP contribution in [0, 0.1) is 0 Å². The lowest BCUT2D eigenvalue weighted by atomic mass is 9.91. The molecule has 0 bridgehead atoms. The Labute approximate surface area is 157 Å². The molecule has 0 radical (unpaired) electrons. The van der Waals surface area contributed by atoms with Gasteiger partial charge < -0.3 is 20.4 Å². The normalized spacial score (nSPS) is 11.7. The number of hydrogen-bond acceptors (Lipinski definition) is 3.